The molecule has 0 heterocycles. The lowest BCUT2D eigenvalue weighted by molar-refractivity contribution is 0.0399. The third kappa shape index (κ3) is 4.96. The fraction of sp³-hybridized carbons (Fsp3) is 0.174. The van der Waals surface area contributed by atoms with E-state index >= 15 is 0 Å². The molecular weight excluding hydrogens is 340 g/mol. The molecule has 4 nitrogen and oxygen atoms in total. The number of carboxylic acids is 1. The molecule has 1 atom stereocenters. The van der Waals surface area contributed by atoms with Gasteiger partial charge in [0.05, 0.1) is 19.8 Å². The Morgan fingerprint density at radius 1 is 0.926 bits per heavy atom. The maximum Gasteiger partial charge on any atom is 0.339 e. The predicted octanol–water partition coefficient (Wildman–Crippen LogP) is 4.89. The maximum atomic E-state index is 11.3. The van der Waals surface area contributed by atoms with Gasteiger partial charge in [-0.05, 0) is 28.8 Å². The van der Waals surface area contributed by atoms with Gasteiger partial charge in [0, 0.05) is 6.42 Å². The number of ether oxygens (including phenoxy) is 2. The molecule has 0 aromatic heterocycles. The van der Waals surface area contributed by atoms with E-state index in [2.05, 4.69) is 0 Å². The summed E-state index contributed by atoms with van der Waals surface area (Å²) in [5, 5.41) is 9.25. The number of hydrogen-bond donors (Lipinski definition) is 1. The van der Waals surface area contributed by atoms with E-state index in [1.807, 2.05) is 66.7 Å². The van der Waals surface area contributed by atoms with Gasteiger partial charge in [-0.15, -0.1) is 0 Å². The summed E-state index contributed by atoms with van der Waals surface area (Å²) in [6, 6.07) is 25.2. The van der Waals surface area contributed by atoms with Crippen LogP contribution in [-0.4, -0.2) is 18.2 Å². The van der Waals surface area contributed by atoms with Crippen LogP contribution in [0.25, 0.3) is 0 Å². The van der Waals surface area contributed by atoms with Crippen molar-refractivity contribution in [1.82, 2.24) is 0 Å². The first kappa shape index (κ1) is 18.7. The highest BCUT2D eigenvalue weighted by atomic mass is 16.5. The highest BCUT2D eigenvalue weighted by Gasteiger charge is 2.16. The molecule has 1 unspecified atom stereocenters. The Bertz CT molecular complexity index is 875. The van der Waals surface area contributed by atoms with Crippen LogP contribution in [-0.2, 0) is 17.8 Å². The summed E-state index contributed by atoms with van der Waals surface area (Å²) in [5.74, 6) is -0.645. The molecule has 4 heteroatoms. The Kier molecular flexibility index (Phi) is 6.23. The van der Waals surface area contributed by atoms with Gasteiger partial charge < -0.3 is 14.6 Å². The Morgan fingerprint density at radius 3 is 2.22 bits per heavy atom. The molecule has 3 aromatic carbocycles. The second-order valence-electron chi connectivity index (χ2n) is 6.24. The zero-order valence-electron chi connectivity index (χ0n) is 15.2. The first-order valence-corrected chi connectivity index (χ1v) is 8.78. The topological polar surface area (TPSA) is 55.8 Å². The molecule has 27 heavy (non-hydrogen) atoms. The van der Waals surface area contributed by atoms with Gasteiger partial charge in [0.25, 0.3) is 0 Å². The Morgan fingerprint density at radius 2 is 1.59 bits per heavy atom. The first-order valence-electron chi connectivity index (χ1n) is 8.78. The van der Waals surface area contributed by atoms with Crippen molar-refractivity contribution in [1.29, 1.82) is 0 Å². The Labute approximate surface area is 159 Å². The number of benzene rings is 3. The van der Waals surface area contributed by atoms with E-state index in [1.54, 1.807) is 12.1 Å². The van der Waals surface area contributed by atoms with Gasteiger partial charge in [-0.2, -0.15) is 0 Å². The normalized spacial score (nSPS) is 11.7. The van der Waals surface area contributed by atoms with Crippen LogP contribution in [0.2, 0.25) is 0 Å². The van der Waals surface area contributed by atoms with Gasteiger partial charge in [0.1, 0.15) is 11.3 Å². The average molecular weight is 362 g/mol. The minimum Gasteiger partial charge on any atom is -0.496 e. The number of hydrogen-bond acceptors (Lipinski definition) is 3. The molecule has 0 saturated carbocycles. The molecule has 0 aliphatic carbocycles. The van der Waals surface area contributed by atoms with E-state index in [1.165, 1.54) is 7.11 Å². The number of carboxylic acid groups (broad SMARTS) is 1. The van der Waals surface area contributed by atoms with Gasteiger partial charge >= 0.3 is 5.97 Å². The Balaban J connectivity index is 1.82. The molecule has 0 aliphatic heterocycles. The fourth-order valence-electron chi connectivity index (χ4n) is 2.97. The SMILES string of the molecule is COc1cc(CC(OCc2ccccc2)c2ccccc2)ccc1C(=O)O. The number of methoxy groups -OCH3 is 1. The number of rotatable bonds is 8. The second kappa shape index (κ2) is 9.01. The van der Waals surface area contributed by atoms with Crippen molar-refractivity contribution < 1.29 is 19.4 Å². The maximum absolute atomic E-state index is 11.3. The molecule has 0 radical (unpaired) electrons. The predicted molar refractivity (Wildman–Crippen MR) is 104 cm³/mol. The molecule has 0 aliphatic rings. The van der Waals surface area contributed by atoms with Crippen molar-refractivity contribution >= 4 is 5.97 Å². The minimum absolute atomic E-state index is 0.146. The van der Waals surface area contributed by atoms with E-state index in [0.29, 0.717) is 18.8 Å². The monoisotopic (exact) mass is 362 g/mol. The van der Waals surface area contributed by atoms with Crippen molar-refractivity contribution in [2.24, 2.45) is 0 Å². The van der Waals surface area contributed by atoms with Gasteiger partial charge in [-0.1, -0.05) is 66.7 Å². The summed E-state index contributed by atoms with van der Waals surface area (Å²) in [6.07, 6.45) is 0.472. The molecule has 0 amide bonds. The number of aromatic carboxylic acids is 1. The Hall–Kier alpha value is -3.11. The molecule has 1 N–H and O–H groups in total. The average Bonchev–Trinajstić information content (AvgIpc) is 2.72. The number of carbonyl (C=O) groups is 1. The van der Waals surface area contributed by atoms with E-state index in [0.717, 1.165) is 16.7 Å². The van der Waals surface area contributed by atoms with Gasteiger partial charge in [-0.25, -0.2) is 4.79 Å². The van der Waals surface area contributed by atoms with Crippen LogP contribution in [0.3, 0.4) is 0 Å². The standard InChI is InChI=1S/C23H22O4/c1-26-22-15-18(12-13-20(22)23(24)25)14-21(19-10-6-3-7-11-19)27-16-17-8-4-2-5-9-17/h2-13,15,21H,14,16H2,1H3,(H,24,25). The van der Waals surface area contributed by atoms with Gasteiger partial charge in [0.15, 0.2) is 0 Å². The van der Waals surface area contributed by atoms with Crippen LogP contribution in [0.5, 0.6) is 5.75 Å². The molecule has 3 aromatic rings. The third-order valence-electron chi connectivity index (χ3n) is 4.38. The van der Waals surface area contributed by atoms with Crippen LogP contribution >= 0.6 is 0 Å². The molecule has 138 valence electrons. The summed E-state index contributed by atoms with van der Waals surface area (Å²) >= 11 is 0. The van der Waals surface area contributed by atoms with Crippen LogP contribution in [0.4, 0.5) is 0 Å². The van der Waals surface area contributed by atoms with Crippen LogP contribution in [0, 0.1) is 0 Å². The third-order valence-corrected chi connectivity index (χ3v) is 4.38. The molecule has 0 saturated heterocycles. The van der Waals surface area contributed by atoms with Crippen LogP contribution in [0.1, 0.15) is 33.2 Å². The van der Waals surface area contributed by atoms with Crippen molar-refractivity contribution in [3.63, 3.8) is 0 Å². The first-order chi connectivity index (χ1) is 13.2. The quantitative estimate of drug-likeness (QED) is 0.620. The lowest BCUT2D eigenvalue weighted by Crippen LogP contribution is -2.09. The van der Waals surface area contributed by atoms with Gasteiger partial charge in [-0.3, -0.25) is 0 Å². The zero-order chi connectivity index (χ0) is 19.1. The van der Waals surface area contributed by atoms with E-state index < -0.39 is 5.97 Å². The molecule has 3 rings (SSSR count). The fourth-order valence-corrected chi connectivity index (χ4v) is 2.97. The highest BCUT2D eigenvalue weighted by Crippen LogP contribution is 2.27. The molecular formula is C23H22O4. The lowest BCUT2D eigenvalue weighted by atomic mass is 9.99. The summed E-state index contributed by atoms with van der Waals surface area (Å²) in [5.41, 5.74) is 3.30. The molecule has 0 fully saturated rings. The van der Waals surface area contributed by atoms with Crippen molar-refractivity contribution in [2.45, 2.75) is 19.1 Å². The zero-order valence-corrected chi connectivity index (χ0v) is 15.2. The lowest BCUT2D eigenvalue weighted by Gasteiger charge is -2.19. The molecule has 0 spiro atoms. The van der Waals surface area contributed by atoms with Crippen molar-refractivity contribution in [3.05, 3.63) is 101 Å². The van der Waals surface area contributed by atoms with E-state index in [-0.39, 0.29) is 11.7 Å². The van der Waals surface area contributed by atoms with Crippen molar-refractivity contribution in [3.8, 4) is 5.75 Å². The highest BCUT2D eigenvalue weighted by molar-refractivity contribution is 5.91. The second-order valence-corrected chi connectivity index (χ2v) is 6.24. The summed E-state index contributed by atoms with van der Waals surface area (Å²) < 4.78 is 11.5. The minimum atomic E-state index is -1.00. The molecule has 0 bridgehead atoms. The summed E-state index contributed by atoms with van der Waals surface area (Å²) in [6.45, 7) is 0.505. The summed E-state index contributed by atoms with van der Waals surface area (Å²) in [4.78, 5) is 11.3. The largest absolute Gasteiger partial charge is 0.496 e. The smallest absolute Gasteiger partial charge is 0.339 e. The van der Waals surface area contributed by atoms with Crippen LogP contribution < -0.4 is 4.74 Å². The van der Waals surface area contributed by atoms with Crippen molar-refractivity contribution in [2.75, 3.05) is 7.11 Å². The van der Waals surface area contributed by atoms with Gasteiger partial charge in [0.2, 0.25) is 0 Å². The van der Waals surface area contributed by atoms with E-state index in [9.17, 15) is 9.90 Å². The van der Waals surface area contributed by atoms with Crippen LogP contribution in [0.15, 0.2) is 78.9 Å². The van der Waals surface area contributed by atoms with E-state index in [4.69, 9.17) is 9.47 Å². The summed E-state index contributed by atoms with van der Waals surface area (Å²) in [7, 11) is 1.48.